The molecule has 1 unspecified atom stereocenters. The highest BCUT2D eigenvalue weighted by atomic mass is 32.2. The predicted molar refractivity (Wildman–Crippen MR) is 144 cm³/mol. The number of benzene rings is 2. The van der Waals surface area contributed by atoms with Crippen LogP contribution in [0.5, 0.6) is 0 Å². The van der Waals surface area contributed by atoms with Crippen LogP contribution in [0.15, 0.2) is 53.4 Å². The minimum atomic E-state index is -1.14. The second kappa shape index (κ2) is 15.9. The zero-order chi connectivity index (χ0) is 25.6. The molecule has 0 aromatic heterocycles. The van der Waals surface area contributed by atoms with E-state index in [1.807, 2.05) is 46.8 Å². The summed E-state index contributed by atoms with van der Waals surface area (Å²) < 4.78 is 20.1. The second-order valence-corrected chi connectivity index (χ2v) is 10.9. The highest BCUT2D eigenvalue weighted by molar-refractivity contribution is 7.83. The van der Waals surface area contributed by atoms with Gasteiger partial charge >= 0.3 is 0 Å². The molecular weight excluding hydrogens is 444 g/mol. The van der Waals surface area contributed by atoms with E-state index in [2.05, 4.69) is 46.0 Å². The molecule has 1 atom stereocenters. The molecule has 1 fully saturated rings. The molecule has 5 nitrogen and oxygen atoms in total. The second-order valence-electron chi connectivity index (χ2n) is 9.61. The topological polar surface area (TPSA) is 58.6 Å². The molecule has 0 radical (unpaired) electrons. The number of carbonyl (C=O) groups is 1. The van der Waals surface area contributed by atoms with Crippen LogP contribution in [0.1, 0.15) is 59.9 Å². The average Bonchev–Trinajstić information content (AvgIpc) is 3.32. The van der Waals surface area contributed by atoms with Gasteiger partial charge in [-0.1, -0.05) is 36.4 Å². The van der Waals surface area contributed by atoms with Crippen LogP contribution in [-0.4, -0.2) is 53.8 Å². The van der Waals surface area contributed by atoms with Crippen molar-refractivity contribution in [3.63, 3.8) is 0 Å². The van der Waals surface area contributed by atoms with Gasteiger partial charge in [-0.2, -0.15) is 0 Å². The van der Waals surface area contributed by atoms with Crippen molar-refractivity contribution in [2.24, 2.45) is 0 Å². The maximum absolute atomic E-state index is 12.1. The van der Waals surface area contributed by atoms with Crippen LogP contribution < -0.4 is 4.72 Å². The molecule has 0 spiro atoms. The van der Waals surface area contributed by atoms with Crippen LogP contribution >= 0.6 is 0 Å². The molecule has 0 saturated carbocycles. The molecule has 3 rings (SSSR count). The fraction of sp³-hybridized carbons (Fsp3) is 0.536. The lowest BCUT2D eigenvalue weighted by molar-refractivity contribution is -0.106. The standard InChI is InChI=1S/C21H28N2OS.C5H12O.C2H4O/c1-17(2)22-25(24)21-11-9-20(10-12-21)19-7-5-18(6-8-19)13-16-23-14-3-4-15-23;1-5(2,3)6-4;1-2-3/h5-12,17,22H,3-4,13-16H2,1-2H3;1-4H3;2H,1H3. The van der Waals surface area contributed by atoms with Crippen molar-refractivity contribution in [2.75, 3.05) is 26.7 Å². The minimum Gasteiger partial charge on any atom is -0.379 e. The molecule has 1 heterocycles. The molecule has 1 N–H and O–H groups in total. The molecule has 6 heteroatoms. The van der Waals surface area contributed by atoms with Gasteiger partial charge < -0.3 is 14.4 Å². The van der Waals surface area contributed by atoms with Crippen LogP contribution in [0.2, 0.25) is 0 Å². The zero-order valence-corrected chi connectivity index (χ0v) is 22.9. The Labute approximate surface area is 209 Å². The van der Waals surface area contributed by atoms with Crippen molar-refractivity contribution in [3.05, 3.63) is 54.1 Å². The number of ether oxygens (including phenoxy) is 1. The lowest BCUT2D eigenvalue weighted by Crippen LogP contribution is -2.24. The van der Waals surface area contributed by atoms with E-state index in [9.17, 15) is 4.21 Å². The van der Waals surface area contributed by atoms with E-state index in [-0.39, 0.29) is 11.6 Å². The van der Waals surface area contributed by atoms with Crippen LogP contribution in [0.25, 0.3) is 11.1 Å². The third-order valence-corrected chi connectivity index (χ3v) is 6.61. The first-order chi connectivity index (χ1) is 16.1. The fourth-order valence-corrected chi connectivity index (χ4v) is 4.16. The summed E-state index contributed by atoms with van der Waals surface area (Å²) >= 11 is 0. The van der Waals surface area contributed by atoms with Gasteiger partial charge in [-0.15, -0.1) is 0 Å². The van der Waals surface area contributed by atoms with E-state index in [4.69, 9.17) is 9.53 Å². The Morgan fingerprint density at radius 1 is 1.00 bits per heavy atom. The summed E-state index contributed by atoms with van der Waals surface area (Å²) in [7, 11) is 0.568. The van der Waals surface area contributed by atoms with Gasteiger partial charge in [-0.3, -0.25) is 0 Å². The molecule has 0 aliphatic carbocycles. The van der Waals surface area contributed by atoms with Crippen LogP contribution in [0, 0.1) is 0 Å². The van der Waals surface area contributed by atoms with Crippen molar-refractivity contribution >= 4 is 17.3 Å². The molecule has 0 amide bonds. The summed E-state index contributed by atoms with van der Waals surface area (Å²) in [6.45, 7) is 15.2. The van der Waals surface area contributed by atoms with Crippen molar-refractivity contribution < 1.29 is 13.7 Å². The van der Waals surface area contributed by atoms with Gasteiger partial charge in [-0.25, -0.2) is 8.93 Å². The number of aldehydes is 1. The largest absolute Gasteiger partial charge is 0.379 e. The Hall–Kier alpha value is -1.86. The quantitative estimate of drug-likeness (QED) is 0.512. The fourth-order valence-electron chi connectivity index (χ4n) is 3.21. The van der Waals surface area contributed by atoms with Gasteiger partial charge in [0.15, 0.2) is 0 Å². The van der Waals surface area contributed by atoms with Gasteiger partial charge in [0.05, 0.1) is 10.5 Å². The first kappa shape index (κ1) is 30.2. The number of carbonyl (C=O) groups excluding carboxylic acids is 1. The summed E-state index contributed by atoms with van der Waals surface area (Å²) in [6.07, 6.45) is 4.58. The number of hydrogen-bond donors (Lipinski definition) is 1. The number of hydrogen-bond acceptors (Lipinski definition) is 4. The monoisotopic (exact) mass is 488 g/mol. The molecule has 1 saturated heterocycles. The molecule has 1 aliphatic heterocycles. The summed E-state index contributed by atoms with van der Waals surface area (Å²) in [4.78, 5) is 12.2. The molecule has 190 valence electrons. The molecule has 1 aliphatic rings. The Kier molecular flexibility index (Phi) is 14.1. The molecule has 0 bridgehead atoms. The Morgan fingerprint density at radius 3 is 1.85 bits per heavy atom. The summed E-state index contributed by atoms with van der Waals surface area (Å²) in [5, 5.41) is 0. The molecule has 34 heavy (non-hydrogen) atoms. The Bertz CT molecular complexity index is 837. The minimum absolute atomic E-state index is 0.0417. The zero-order valence-electron chi connectivity index (χ0n) is 22.1. The maximum Gasteiger partial charge on any atom is 0.125 e. The number of nitrogens with one attached hydrogen (secondary N) is 1. The normalized spacial score (nSPS) is 14.6. The Morgan fingerprint density at radius 2 is 1.44 bits per heavy atom. The van der Waals surface area contributed by atoms with Gasteiger partial charge in [0.1, 0.15) is 17.3 Å². The lowest BCUT2D eigenvalue weighted by Gasteiger charge is -2.14. The SMILES string of the molecule is CC(C)NS(=O)c1ccc(-c2ccc(CCN3CCCC3)cc2)cc1.CC=O.COC(C)(C)C. The van der Waals surface area contributed by atoms with Crippen LogP contribution in [0.3, 0.4) is 0 Å². The average molecular weight is 489 g/mol. The summed E-state index contributed by atoms with van der Waals surface area (Å²) in [5.74, 6) is 0. The number of likely N-dealkylation sites (tertiary alicyclic amines) is 1. The molecular formula is C28H44N2O3S. The van der Waals surface area contributed by atoms with Gasteiger partial charge in [0.2, 0.25) is 0 Å². The third-order valence-electron chi connectivity index (χ3n) is 5.23. The molecule has 2 aromatic carbocycles. The number of nitrogens with zero attached hydrogens (tertiary/aromatic N) is 1. The van der Waals surface area contributed by atoms with Gasteiger partial charge in [0.25, 0.3) is 0 Å². The Balaban J connectivity index is 0.000000551. The number of methoxy groups -OCH3 is 1. The first-order valence-corrected chi connectivity index (χ1v) is 13.3. The lowest BCUT2D eigenvalue weighted by atomic mass is 10.0. The summed E-state index contributed by atoms with van der Waals surface area (Å²) in [6, 6.07) is 17.0. The van der Waals surface area contributed by atoms with E-state index in [0.717, 1.165) is 23.2 Å². The number of rotatable bonds is 7. The van der Waals surface area contributed by atoms with E-state index >= 15 is 0 Å². The maximum atomic E-state index is 12.1. The highest BCUT2D eigenvalue weighted by Gasteiger charge is 2.11. The van der Waals surface area contributed by atoms with Crippen molar-refractivity contribution in [3.8, 4) is 11.1 Å². The van der Waals surface area contributed by atoms with E-state index in [1.165, 1.54) is 50.5 Å². The first-order valence-electron chi connectivity index (χ1n) is 12.1. The van der Waals surface area contributed by atoms with Crippen LogP contribution in [0.4, 0.5) is 0 Å². The van der Waals surface area contributed by atoms with E-state index in [0.29, 0.717) is 0 Å². The van der Waals surface area contributed by atoms with Gasteiger partial charge in [-0.05, 0) is 103 Å². The van der Waals surface area contributed by atoms with Gasteiger partial charge in [0, 0.05) is 19.7 Å². The molecule has 2 aromatic rings. The van der Waals surface area contributed by atoms with Crippen LogP contribution in [-0.2, 0) is 26.9 Å². The summed E-state index contributed by atoms with van der Waals surface area (Å²) in [5.41, 5.74) is 3.81. The van der Waals surface area contributed by atoms with Crippen molar-refractivity contribution in [2.45, 2.75) is 77.3 Å². The predicted octanol–water partition coefficient (Wildman–Crippen LogP) is 5.65. The van der Waals surface area contributed by atoms with E-state index in [1.54, 1.807) is 7.11 Å². The van der Waals surface area contributed by atoms with Crippen molar-refractivity contribution in [1.29, 1.82) is 0 Å². The highest BCUT2D eigenvalue weighted by Crippen LogP contribution is 2.22. The third kappa shape index (κ3) is 12.6. The van der Waals surface area contributed by atoms with Crippen molar-refractivity contribution in [1.82, 2.24) is 9.62 Å². The smallest absolute Gasteiger partial charge is 0.125 e. The van der Waals surface area contributed by atoms with E-state index < -0.39 is 11.0 Å².